The molecule has 0 bridgehead atoms. The molecule has 0 spiro atoms. The molecule has 0 aliphatic carbocycles. The van der Waals surface area contributed by atoms with Crippen LogP contribution in [0.1, 0.15) is 5.56 Å². The molecule has 2 aromatic rings. The van der Waals surface area contributed by atoms with Crippen LogP contribution >= 0.6 is 11.6 Å². The first-order valence-electron chi connectivity index (χ1n) is 4.73. The average Bonchev–Trinajstić information content (AvgIpc) is 2.29. The van der Waals surface area contributed by atoms with Gasteiger partial charge in [0.05, 0.1) is 12.3 Å². The van der Waals surface area contributed by atoms with E-state index in [1.807, 2.05) is 0 Å². The average molecular weight is 238 g/mol. The van der Waals surface area contributed by atoms with Gasteiger partial charge in [0.1, 0.15) is 11.0 Å². The lowest BCUT2D eigenvalue weighted by molar-refractivity contribution is 0.282. The summed E-state index contributed by atoms with van der Waals surface area (Å²) in [6.45, 7) is -0.201. The first-order valence-corrected chi connectivity index (χ1v) is 5.11. The van der Waals surface area contributed by atoms with Gasteiger partial charge in [-0.1, -0.05) is 29.8 Å². The summed E-state index contributed by atoms with van der Waals surface area (Å²) in [5, 5.41) is 9.43. The Hall–Kier alpha value is -1.45. The van der Waals surface area contributed by atoms with E-state index < -0.39 is 0 Å². The number of aliphatic hydroxyl groups is 1. The van der Waals surface area contributed by atoms with Gasteiger partial charge in [0.25, 0.3) is 0 Å². The maximum atomic E-state index is 13.6. The van der Waals surface area contributed by atoms with Gasteiger partial charge < -0.3 is 5.11 Å². The van der Waals surface area contributed by atoms with Gasteiger partial charge in [-0.2, -0.15) is 0 Å². The summed E-state index contributed by atoms with van der Waals surface area (Å²) in [7, 11) is 0. The third-order valence-electron chi connectivity index (χ3n) is 2.24. The van der Waals surface area contributed by atoms with Gasteiger partial charge in [0.15, 0.2) is 0 Å². The summed E-state index contributed by atoms with van der Waals surface area (Å²) in [6, 6.07) is 9.46. The summed E-state index contributed by atoms with van der Waals surface area (Å²) in [5.74, 6) is -0.382. The molecule has 2 nitrogen and oxygen atoms in total. The van der Waals surface area contributed by atoms with Crippen LogP contribution in [0.5, 0.6) is 0 Å². The molecule has 0 fully saturated rings. The molecule has 0 radical (unpaired) electrons. The smallest absolute Gasteiger partial charge is 0.132 e. The van der Waals surface area contributed by atoms with E-state index in [2.05, 4.69) is 4.98 Å². The second-order valence-electron chi connectivity index (χ2n) is 3.28. The van der Waals surface area contributed by atoms with Crippen molar-refractivity contribution in [2.45, 2.75) is 6.61 Å². The predicted molar refractivity (Wildman–Crippen MR) is 60.6 cm³/mol. The molecule has 82 valence electrons. The molecule has 0 unspecified atom stereocenters. The van der Waals surface area contributed by atoms with Crippen LogP contribution in [0.15, 0.2) is 36.4 Å². The van der Waals surface area contributed by atoms with E-state index in [9.17, 15) is 4.39 Å². The van der Waals surface area contributed by atoms with Crippen molar-refractivity contribution in [2.24, 2.45) is 0 Å². The maximum Gasteiger partial charge on any atom is 0.132 e. The van der Waals surface area contributed by atoms with Gasteiger partial charge in [-0.3, -0.25) is 0 Å². The quantitative estimate of drug-likeness (QED) is 0.815. The summed E-state index contributed by atoms with van der Waals surface area (Å²) in [6.07, 6.45) is 0. The Morgan fingerprint density at radius 3 is 2.62 bits per heavy atom. The molecule has 1 N–H and O–H groups in total. The van der Waals surface area contributed by atoms with Crippen molar-refractivity contribution in [1.82, 2.24) is 4.98 Å². The lowest BCUT2D eigenvalue weighted by atomic mass is 10.1. The van der Waals surface area contributed by atoms with Crippen LogP contribution in [0.2, 0.25) is 5.15 Å². The molecule has 1 aromatic heterocycles. The van der Waals surface area contributed by atoms with Crippen molar-refractivity contribution in [1.29, 1.82) is 0 Å². The molecule has 0 saturated carbocycles. The Labute approximate surface area is 97.3 Å². The third-order valence-corrected chi connectivity index (χ3v) is 2.45. The lowest BCUT2D eigenvalue weighted by Gasteiger charge is -2.07. The SMILES string of the molecule is OCc1ccc(Cl)nc1-c1ccccc1F. The monoisotopic (exact) mass is 237 g/mol. The minimum atomic E-state index is -0.382. The number of hydrogen-bond acceptors (Lipinski definition) is 2. The second kappa shape index (κ2) is 4.60. The highest BCUT2D eigenvalue weighted by Gasteiger charge is 2.10. The van der Waals surface area contributed by atoms with Gasteiger partial charge in [-0.15, -0.1) is 0 Å². The van der Waals surface area contributed by atoms with E-state index in [1.165, 1.54) is 6.07 Å². The Morgan fingerprint density at radius 1 is 1.19 bits per heavy atom. The largest absolute Gasteiger partial charge is 0.392 e. The molecule has 0 atom stereocenters. The van der Waals surface area contributed by atoms with E-state index >= 15 is 0 Å². The molecule has 0 aliphatic heterocycles. The molecule has 0 amide bonds. The van der Waals surface area contributed by atoms with Crippen LogP contribution in [0.4, 0.5) is 4.39 Å². The highest BCUT2D eigenvalue weighted by atomic mass is 35.5. The van der Waals surface area contributed by atoms with Crippen molar-refractivity contribution in [3.63, 3.8) is 0 Å². The van der Waals surface area contributed by atoms with E-state index in [0.29, 0.717) is 16.8 Å². The third kappa shape index (κ3) is 2.05. The minimum Gasteiger partial charge on any atom is -0.392 e. The Kier molecular flexibility index (Phi) is 3.17. The highest BCUT2D eigenvalue weighted by molar-refractivity contribution is 6.29. The summed E-state index contributed by atoms with van der Waals surface area (Å²) in [5.41, 5.74) is 1.27. The Bertz CT molecular complexity index is 516. The van der Waals surface area contributed by atoms with Crippen LogP contribution in [-0.4, -0.2) is 10.1 Å². The number of pyridine rings is 1. The van der Waals surface area contributed by atoms with Crippen LogP contribution in [0.25, 0.3) is 11.3 Å². The molecule has 0 saturated heterocycles. The van der Waals surface area contributed by atoms with Crippen LogP contribution < -0.4 is 0 Å². The lowest BCUT2D eigenvalue weighted by Crippen LogP contribution is -1.95. The Morgan fingerprint density at radius 2 is 1.94 bits per heavy atom. The summed E-state index contributed by atoms with van der Waals surface area (Å²) < 4.78 is 13.6. The molecule has 2 rings (SSSR count). The zero-order valence-corrected chi connectivity index (χ0v) is 9.08. The molecule has 1 heterocycles. The number of benzene rings is 1. The fourth-order valence-electron chi connectivity index (χ4n) is 1.48. The van der Waals surface area contributed by atoms with Crippen molar-refractivity contribution < 1.29 is 9.50 Å². The van der Waals surface area contributed by atoms with E-state index in [0.717, 1.165) is 0 Å². The van der Waals surface area contributed by atoms with E-state index in [1.54, 1.807) is 30.3 Å². The molecule has 1 aromatic carbocycles. The number of hydrogen-bond donors (Lipinski definition) is 1. The molecular formula is C12H9ClFNO. The molecule has 16 heavy (non-hydrogen) atoms. The van der Waals surface area contributed by atoms with Crippen LogP contribution in [0, 0.1) is 5.82 Å². The zero-order chi connectivity index (χ0) is 11.5. The van der Waals surface area contributed by atoms with Crippen LogP contribution in [0.3, 0.4) is 0 Å². The number of halogens is 2. The first kappa shape index (κ1) is 11.0. The standard InChI is InChI=1S/C12H9ClFNO/c13-11-6-5-8(7-16)12(15-11)9-3-1-2-4-10(9)14/h1-6,16H,7H2. The van der Waals surface area contributed by atoms with Gasteiger partial charge in [0, 0.05) is 11.1 Å². The number of aromatic nitrogens is 1. The van der Waals surface area contributed by atoms with Crippen molar-refractivity contribution in [2.75, 3.05) is 0 Å². The second-order valence-corrected chi connectivity index (χ2v) is 3.67. The maximum absolute atomic E-state index is 13.6. The van der Waals surface area contributed by atoms with Gasteiger partial charge in [-0.05, 0) is 18.2 Å². The first-order chi connectivity index (χ1) is 7.72. The van der Waals surface area contributed by atoms with Gasteiger partial charge in [-0.25, -0.2) is 9.37 Å². The fraction of sp³-hybridized carbons (Fsp3) is 0.0833. The zero-order valence-electron chi connectivity index (χ0n) is 8.32. The number of nitrogens with zero attached hydrogens (tertiary/aromatic N) is 1. The fourth-order valence-corrected chi connectivity index (χ4v) is 1.63. The summed E-state index contributed by atoms with van der Waals surface area (Å²) >= 11 is 5.76. The van der Waals surface area contributed by atoms with Crippen LogP contribution in [-0.2, 0) is 6.61 Å². The van der Waals surface area contributed by atoms with E-state index in [-0.39, 0.29) is 17.6 Å². The highest BCUT2D eigenvalue weighted by Crippen LogP contribution is 2.25. The van der Waals surface area contributed by atoms with Crippen molar-refractivity contribution in [3.05, 3.63) is 52.9 Å². The van der Waals surface area contributed by atoms with Crippen molar-refractivity contribution in [3.8, 4) is 11.3 Å². The minimum absolute atomic E-state index is 0.201. The molecular weight excluding hydrogens is 229 g/mol. The topological polar surface area (TPSA) is 33.1 Å². The molecule has 4 heteroatoms. The number of aliphatic hydroxyl groups excluding tert-OH is 1. The number of rotatable bonds is 2. The van der Waals surface area contributed by atoms with Gasteiger partial charge in [0.2, 0.25) is 0 Å². The predicted octanol–water partition coefficient (Wildman–Crippen LogP) is 3.03. The van der Waals surface area contributed by atoms with E-state index in [4.69, 9.17) is 16.7 Å². The molecule has 0 aliphatic rings. The van der Waals surface area contributed by atoms with Gasteiger partial charge >= 0.3 is 0 Å². The Balaban J connectivity index is 2.63. The normalized spacial score (nSPS) is 10.4. The van der Waals surface area contributed by atoms with Crippen molar-refractivity contribution >= 4 is 11.6 Å². The summed E-state index contributed by atoms with van der Waals surface area (Å²) in [4.78, 5) is 4.04.